The number of carbonyl (C=O) groups is 1. The van der Waals surface area contributed by atoms with Crippen LogP contribution in [0.3, 0.4) is 0 Å². The number of hydrogen-bond acceptors (Lipinski definition) is 3. The lowest BCUT2D eigenvalue weighted by Crippen LogP contribution is -1.99. The Balaban J connectivity index is 2.99. The lowest BCUT2D eigenvalue weighted by atomic mass is 10.0. The molecule has 0 aliphatic heterocycles. The van der Waals surface area contributed by atoms with Crippen molar-refractivity contribution < 1.29 is 9.72 Å². The number of aldehydes is 1. The molecule has 0 aliphatic carbocycles. The number of rotatable bonds is 24. The van der Waals surface area contributed by atoms with Gasteiger partial charge in [-0.25, -0.2) is 0 Å². The van der Waals surface area contributed by atoms with Gasteiger partial charge in [-0.1, -0.05) is 116 Å². The Kier molecular flexibility index (Phi) is 23.3. The quantitative estimate of drug-likeness (QED) is 0.0716. The maximum atomic E-state index is 10.2. The molecule has 0 atom stereocenters. The third-order valence-electron chi connectivity index (χ3n) is 5.66. The first-order valence-corrected chi connectivity index (χ1v) is 12.3. The molecule has 0 heterocycles. The predicted octanol–water partition coefficient (Wildman–Crippen LogP) is 8.04. The fraction of sp³-hybridized carbons (Fsp3) is 0.958. The molecule has 166 valence electrons. The average Bonchev–Trinajstić information content (AvgIpc) is 2.68. The molecule has 0 aromatic heterocycles. The molecule has 0 saturated carbocycles. The van der Waals surface area contributed by atoms with Crippen molar-refractivity contribution in [3.63, 3.8) is 0 Å². The van der Waals surface area contributed by atoms with Crippen LogP contribution in [0.25, 0.3) is 0 Å². The molecule has 0 bridgehead atoms. The topological polar surface area (TPSA) is 60.2 Å². The Hall–Kier alpha value is -0.930. The molecular formula is C24H47NO3. The van der Waals surface area contributed by atoms with Crippen molar-refractivity contribution in [2.24, 2.45) is 0 Å². The molecule has 0 saturated heterocycles. The van der Waals surface area contributed by atoms with Crippen LogP contribution in [-0.4, -0.2) is 17.8 Å². The van der Waals surface area contributed by atoms with Gasteiger partial charge in [0.1, 0.15) is 6.29 Å². The Morgan fingerprint density at radius 1 is 0.464 bits per heavy atom. The van der Waals surface area contributed by atoms with Crippen molar-refractivity contribution >= 4 is 6.29 Å². The summed E-state index contributed by atoms with van der Waals surface area (Å²) in [5.41, 5.74) is 0. The number of nitrogens with zero attached hydrogens (tertiary/aromatic N) is 1. The van der Waals surface area contributed by atoms with E-state index in [9.17, 15) is 14.9 Å². The van der Waals surface area contributed by atoms with Crippen LogP contribution in [0.5, 0.6) is 0 Å². The molecule has 28 heavy (non-hydrogen) atoms. The van der Waals surface area contributed by atoms with Crippen LogP contribution in [-0.2, 0) is 4.79 Å². The number of nitro groups is 1. The van der Waals surface area contributed by atoms with Crippen LogP contribution < -0.4 is 0 Å². The van der Waals surface area contributed by atoms with Crippen molar-refractivity contribution in [1.29, 1.82) is 0 Å². The summed E-state index contributed by atoms with van der Waals surface area (Å²) in [6.45, 7) is 0.143. The van der Waals surface area contributed by atoms with Gasteiger partial charge in [-0.05, 0) is 12.8 Å². The average molecular weight is 398 g/mol. The first-order chi connectivity index (χ1) is 13.8. The van der Waals surface area contributed by atoms with Crippen molar-refractivity contribution in [3.05, 3.63) is 10.1 Å². The van der Waals surface area contributed by atoms with E-state index in [-0.39, 0.29) is 11.5 Å². The van der Waals surface area contributed by atoms with E-state index in [1.54, 1.807) is 0 Å². The molecule has 4 nitrogen and oxygen atoms in total. The zero-order valence-corrected chi connectivity index (χ0v) is 18.5. The summed E-state index contributed by atoms with van der Waals surface area (Å²) < 4.78 is 0. The van der Waals surface area contributed by atoms with Gasteiger partial charge in [-0.2, -0.15) is 0 Å². The van der Waals surface area contributed by atoms with Crippen LogP contribution in [0, 0.1) is 10.1 Å². The SMILES string of the molecule is O=CCCCCCCCCCCCCCCCCCCCCCCC[N+](=O)[O-]. The van der Waals surface area contributed by atoms with E-state index in [2.05, 4.69) is 0 Å². The van der Waals surface area contributed by atoms with Crippen molar-refractivity contribution in [1.82, 2.24) is 0 Å². The smallest absolute Gasteiger partial charge is 0.203 e. The highest BCUT2D eigenvalue weighted by Crippen LogP contribution is 2.15. The van der Waals surface area contributed by atoms with Crippen molar-refractivity contribution in [2.75, 3.05) is 6.54 Å². The van der Waals surface area contributed by atoms with Crippen LogP contribution in [0.2, 0.25) is 0 Å². The highest BCUT2D eigenvalue weighted by atomic mass is 16.6. The van der Waals surface area contributed by atoms with Crippen molar-refractivity contribution in [2.45, 2.75) is 141 Å². The minimum atomic E-state index is -0.205. The molecule has 4 heteroatoms. The van der Waals surface area contributed by atoms with Gasteiger partial charge in [-0.15, -0.1) is 0 Å². The summed E-state index contributed by atoms with van der Waals surface area (Å²) in [5, 5.41) is 10.2. The highest BCUT2D eigenvalue weighted by molar-refractivity contribution is 5.48. The number of unbranched alkanes of at least 4 members (excludes halogenated alkanes) is 21. The van der Waals surface area contributed by atoms with E-state index in [0.29, 0.717) is 0 Å². The maximum absolute atomic E-state index is 10.2. The number of carbonyl (C=O) groups excluding carboxylic acids is 1. The van der Waals surface area contributed by atoms with Gasteiger partial charge in [0.2, 0.25) is 6.54 Å². The fourth-order valence-corrected chi connectivity index (χ4v) is 3.83. The zero-order chi connectivity index (χ0) is 20.5. The van der Waals surface area contributed by atoms with Crippen LogP contribution in [0.15, 0.2) is 0 Å². The first-order valence-electron chi connectivity index (χ1n) is 12.3. The summed E-state index contributed by atoms with van der Waals surface area (Å²) in [6.07, 6.45) is 28.9. The summed E-state index contributed by atoms with van der Waals surface area (Å²) >= 11 is 0. The second-order valence-electron chi connectivity index (χ2n) is 8.44. The lowest BCUT2D eigenvalue weighted by molar-refractivity contribution is -0.480. The normalized spacial score (nSPS) is 11.0. The predicted molar refractivity (Wildman–Crippen MR) is 119 cm³/mol. The van der Waals surface area contributed by atoms with Gasteiger partial charge in [0, 0.05) is 17.8 Å². The van der Waals surface area contributed by atoms with Crippen LogP contribution in [0.4, 0.5) is 0 Å². The largest absolute Gasteiger partial charge is 0.303 e. The van der Waals surface area contributed by atoms with E-state index in [1.165, 1.54) is 109 Å². The molecule has 0 aromatic rings. The Morgan fingerprint density at radius 2 is 0.714 bits per heavy atom. The molecule has 0 spiro atoms. The standard InChI is InChI=1S/C24H47NO3/c26-24-22-20-18-16-14-12-10-8-6-4-2-1-3-5-7-9-11-13-15-17-19-21-23-25(27)28/h24H,1-23H2. The lowest BCUT2D eigenvalue weighted by Gasteiger charge is -2.04. The molecule has 0 amide bonds. The third kappa shape index (κ3) is 25.1. The van der Waals surface area contributed by atoms with E-state index < -0.39 is 0 Å². The van der Waals surface area contributed by atoms with Crippen LogP contribution in [0.1, 0.15) is 141 Å². The monoisotopic (exact) mass is 397 g/mol. The van der Waals surface area contributed by atoms with Crippen molar-refractivity contribution in [3.8, 4) is 0 Å². The minimum absolute atomic E-state index is 0.143. The zero-order valence-electron chi connectivity index (χ0n) is 18.5. The minimum Gasteiger partial charge on any atom is -0.303 e. The van der Waals surface area contributed by atoms with Gasteiger partial charge < -0.3 is 4.79 Å². The Bertz CT molecular complexity index is 334. The molecule has 0 radical (unpaired) electrons. The van der Waals surface area contributed by atoms with E-state index >= 15 is 0 Å². The van der Waals surface area contributed by atoms with E-state index in [1.807, 2.05) is 0 Å². The Labute approximate surface area is 174 Å². The summed E-state index contributed by atoms with van der Waals surface area (Å²) in [4.78, 5) is 20.2. The van der Waals surface area contributed by atoms with Gasteiger partial charge in [0.25, 0.3) is 0 Å². The highest BCUT2D eigenvalue weighted by Gasteiger charge is 1.98. The summed E-state index contributed by atoms with van der Waals surface area (Å²) in [5.74, 6) is 0. The molecular weight excluding hydrogens is 350 g/mol. The second-order valence-corrected chi connectivity index (χ2v) is 8.44. The third-order valence-corrected chi connectivity index (χ3v) is 5.66. The van der Waals surface area contributed by atoms with Gasteiger partial charge in [0.05, 0.1) is 0 Å². The van der Waals surface area contributed by atoms with Gasteiger partial charge >= 0.3 is 0 Å². The van der Waals surface area contributed by atoms with E-state index in [0.717, 1.165) is 38.4 Å². The number of hydrogen-bond donors (Lipinski definition) is 0. The molecule has 0 rings (SSSR count). The second kappa shape index (κ2) is 24.1. The first kappa shape index (κ1) is 27.1. The van der Waals surface area contributed by atoms with Gasteiger partial charge in [0.15, 0.2) is 0 Å². The molecule has 0 aromatic carbocycles. The van der Waals surface area contributed by atoms with Gasteiger partial charge in [-0.3, -0.25) is 10.1 Å². The molecule has 0 fully saturated rings. The molecule has 0 N–H and O–H groups in total. The van der Waals surface area contributed by atoms with E-state index in [4.69, 9.17) is 0 Å². The van der Waals surface area contributed by atoms with Crippen LogP contribution >= 0.6 is 0 Å². The Morgan fingerprint density at radius 3 is 0.964 bits per heavy atom. The summed E-state index contributed by atoms with van der Waals surface area (Å²) in [6, 6.07) is 0. The molecule has 0 aliphatic rings. The summed E-state index contributed by atoms with van der Waals surface area (Å²) in [7, 11) is 0. The molecule has 0 unspecified atom stereocenters. The fourth-order valence-electron chi connectivity index (χ4n) is 3.83. The maximum Gasteiger partial charge on any atom is 0.203 e.